The molecule has 3 aromatic heterocycles. The quantitative estimate of drug-likeness (QED) is 0.323. The molecule has 1 fully saturated rings. The predicted molar refractivity (Wildman–Crippen MR) is 141 cm³/mol. The Balaban J connectivity index is 1.43. The number of hydrogen-bond donors (Lipinski definition) is 1. The Morgan fingerprint density at radius 3 is 2.68 bits per heavy atom. The van der Waals surface area contributed by atoms with Crippen molar-refractivity contribution >= 4 is 11.9 Å². The summed E-state index contributed by atoms with van der Waals surface area (Å²) < 4.78 is 12.3. The number of rotatable bonds is 10. The molecule has 1 amide bonds. The van der Waals surface area contributed by atoms with Crippen LogP contribution in [-0.2, 0) is 20.8 Å². The van der Waals surface area contributed by atoms with Gasteiger partial charge in [0.1, 0.15) is 18.4 Å². The fourth-order valence-corrected chi connectivity index (χ4v) is 4.20. The Labute approximate surface area is 220 Å². The van der Waals surface area contributed by atoms with Gasteiger partial charge in [-0.15, -0.1) is 11.5 Å². The molecule has 1 saturated carbocycles. The third-order valence-electron chi connectivity index (χ3n) is 6.13. The number of carbonyl (C=O) groups excluding carboxylic acids is 1. The summed E-state index contributed by atoms with van der Waals surface area (Å²) in [5, 5.41) is 11.3. The van der Waals surface area contributed by atoms with Crippen LogP contribution >= 0.6 is 0 Å². The third-order valence-corrected chi connectivity index (χ3v) is 6.13. The van der Waals surface area contributed by atoms with E-state index in [9.17, 15) is 4.79 Å². The molecule has 1 N–H and O–H groups in total. The van der Waals surface area contributed by atoms with Crippen molar-refractivity contribution in [3.05, 3.63) is 71.7 Å². The smallest absolute Gasteiger partial charge is 0.252 e. The van der Waals surface area contributed by atoms with Crippen molar-refractivity contribution in [3.8, 4) is 35.0 Å². The van der Waals surface area contributed by atoms with Crippen molar-refractivity contribution in [2.24, 2.45) is 5.92 Å². The lowest BCUT2D eigenvalue weighted by Crippen LogP contribution is -2.19. The number of ether oxygens (including phenoxy) is 2. The number of benzene rings is 1. The summed E-state index contributed by atoms with van der Waals surface area (Å²) in [6.45, 7) is 0.309. The minimum Gasteiger partial charge on any atom is -0.375 e. The second kappa shape index (κ2) is 11.3. The molecule has 3 heterocycles. The minimum atomic E-state index is -0.372. The molecular formula is C28H27N7O3. The number of anilines is 1. The van der Waals surface area contributed by atoms with E-state index in [1.165, 1.54) is 20.0 Å². The van der Waals surface area contributed by atoms with Crippen LogP contribution in [0, 0.1) is 18.3 Å². The first-order valence-electron chi connectivity index (χ1n) is 12.2. The predicted octanol–water partition coefficient (Wildman–Crippen LogP) is 3.51. The maximum atomic E-state index is 12.2. The Morgan fingerprint density at radius 2 is 1.92 bits per heavy atom. The summed E-state index contributed by atoms with van der Waals surface area (Å²) in [6, 6.07) is 15.1. The molecule has 38 heavy (non-hydrogen) atoms. The number of amides is 1. The molecule has 0 saturated heterocycles. The van der Waals surface area contributed by atoms with E-state index in [0.29, 0.717) is 35.1 Å². The zero-order chi connectivity index (χ0) is 26.5. The summed E-state index contributed by atoms with van der Waals surface area (Å²) in [4.78, 5) is 26.0. The fraction of sp³-hybridized carbons (Fsp3) is 0.286. The van der Waals surface area contributed by atoms with Gasteiger partial charge in [-0.3, -0.25) is 15.1 Å². The van der Waals surface area contributed by atoms with E-state index in [0.717, 1.165) is 17.0 Å². The van der Waals surface area contributed by atoms with Gasteiger partial charge in [-0.05, 0) is 49.1 Å². The maximum Gasteiger partial charge on any atom is 0.252 e. The van der Waals surface area contributed by atoms with Crippen LogP contribution in [0.5, 0.6) is 0 Å². The second-order valence-corrected chi connectivity index (χ2v) is 9.02. The average Bonchev–Trinajstić information content (AvgIpc) is 3.66. The van der Waals surface area contributed by atoms with Gasteiger partial charge in [0.25, 0.3) is 5.91 Å². The van der Waals surface area contributed by atoms with Gasteiger partial charge in [0.05, 0.1) is 35.5 Å². The van der Waals surface area contributed by atoms with E-state index in [1.54, 1.807) is 24.1 Å². The molecule has 0 radical (unpaired) electrons. The SMILES string of the molecule is C#Cc1cccc(-c2cc(-c3cn(Cc4cccc(C(OC)C5CC5)n4)nn3)nc(NC(=O)COC)n2)c1. The van der Waals surface area contributed by atoms with E-state index in [1.807, 2.05) is 42.5 Å². The van der Waals surface area contributed by atoms with E-state index >= 15 is 0 Å². The summed E-state index contributed by atoms with van der Waals surface area (Å²) in [5.41, 5.74) is 4.87. The van der Waals surface area contributed by atoms with Crippen LogP contribution in [0.3, 0.4) is 0 Å². The van der Waals surface area contributed by atoms with Crippen molar-refractivity contribution in [2.45, 2.75) is 25.5 Å². The number of aromatic nitrogens is 6. The van der Waals surface area contributed by atoms with Gasteiger partial charge in [-0.1, -0.05) is 29.3 Å². The van der Waals surface area contributed by atoms with Crippen LogP contribution < -0.4 is 5.32 Å². The summed E-state index contributed by atoms with van der Waals surface area (Å²) >= 11 is 0. The van der Waals surface area contributed by atoms with Gasteiger partial charge >= 0.3 is 0 Å². The van der Waals surface area contributed by atoms with Gasteiger partial charge in [0.15, 0.2) is 0 Å². The lowest BCUT2D eigenvalue weighted by atomic mass is 10.1. The first-order chi connectivity index (χ1) is 18.6. The van der Waals surface area contributed by atoms with Gasteiger partial charge in [0, 0.05) is 25.3 Å². The maximum absolute atomic E-state index is 12.2. The Kier molecular flexibility index (Phi) is 7.49. The number of nitrogens with one attached hydrogen (secondary N) is 1. The molecule has 1 aliphatic rings. The van der Waals surface area contributed by atoms with E-state index in [-0.39, 0.29) is 24.6 Å². The molecule has 1 unspecified atom stereocenters. The van der Waals surface area contributed by atoms with Crippen LogP contribution in [0.4, 0.5) is 5.95 Å². The third kappa shape index (κ3) is 5.91. The summed E-state index contributed by atoms with van der Waals surface area (Å²) in [7, 11) is 3.17. The topological polar surface area (TPSA) is 117 Å². The highest BCUT2D eigenvalue weighted by atomic mass is 16.5. The van der Waals surface area contributed by atoms with E-state index < -0.39 is 0 Å². The molecular weight excluding hydrogens is 482 g/mol. The average molecular weight is 510 g/mol. The molecule has 1 aromatic carbocycles. The van der Waals surface area contributed by atoms with Gasteiger partial charge in [-0.25, -0.2) is 14.6 Å². The van der Waals surface area contributed by atoms with Crippen LogP contribution in [0.15, 0.2) is 54.7 Å². The van der Waals surface area contributed by atoms with Crippen LogP contribution in [0.1, 0.15) is 35.9 Å². The molecule has 4 aromatic rings. The normalized spacial score (nSPS) is 13.6. The standard InChI is InChI=1S/C28H27N7O3/c1-4-18-7-5-8-20(13-18)23-14-24(31-28(30-23)32-26(36)17-37-2)25-16-35(34-33-25)15-21-9-6-10-22(29-21)27(38-3)19-11-12-19/h1,5-10,13-14,16,19,27H,11-12,15,17H2,2-3H3,(H,30,31,32,36). The number of carbonyl (C=O) groups is 1. The molecule has 1 aliphatic carbocycles. The van der Waals surface area contributed by atoms with Gasteiger partial charge in [0.2, 0.25) is 5.95 Å². The van der Waals surface area contributed by atoms with Crippen LogP contribution in [0.25, 0.3) is 22.6 Å². The van der Waals surface area contributed by atoms with Crippen molar-refractivity contribution < 1.29 is 14.3 Å². The largest absolute Gasteiger partial charge is 0.375 e. The van der Waals surface area contributed by atoms with Gasteiger partial charge < -0.3 is 9.47 Å². The van der Waals surface area contributed by atoms with Crippen molar-refractivity contribution in [2.75, 3.05) is 26.1 Å². The van der Waals surface area contributed by atoms with Crippen molar-refractivity contribution in [1.29, 1.82) is 0 Å². The highest BCUT2D eigenvalue weighted by Gasteiger charge is 2.33. The first-order valence-corrected chi connectivity index (χ1v) is 12.2. The first kappa shape index (κ1) is 25.2. The van der Waals surface area contributed by atoms with Crippen molar-refractivity contribution in [1.82, 2.24) is 29.9 Å². The molecule has 10 nitrogen and oxygen atoms in total. The fourth-order valence-electron chi connectivity index (χ4n) is 4.20. The summed E-state index contributed by atoms with van der Waals surface area (Å²) in [6.07, 6.45) is 9.71. The second-order valence-electron chi connectivity index (χ2n) is 9.02. The highest BCUT2D eigenvalue weighted by Crippen LogP contribution is 2.42. The Morgan fingerprint density at radius 1 is 1.11 bits per heavy atom. The van der Waals surface area contributed by atoms with Crippen LogP contribution in [0.2, 0.25) is 0 Å². The molecule has 0 spiro atoms. The molecule has 1 atom stereocenters. The number of terminal acetylenes is 1. The Bertz CT molecular complexity index is 1490. The number of pyridine rings is 1. The van der Waals surface area contributed by atoms with Gasteiger partial charge in [-0.2, -0.15) is 0 Å². The number of nitrogens with zero attached hydrogens (tertiary/aromatic N) is 6. The summed E-state index contributed by atoms with van der Waals surface area (Å²) in [5.74, 6) is 2.92. The van der Waals surface area contributed by atoms with E-state index in [4.69, 9.17) is 20.9 Å². The highest BCUT2D eigenvalue weighted by molar-refractivity contribution is 5.90. The molecule has 10 heteroatoms. The molecule has 192 valence electrons. The van der Waals surface area contributed by atoms with E-state index in [2.05, 4.69) is 31.5 Å². The van der Waals surface area contributed by atoms with Crippen molar-refractivity contribution in [3.63, 3.8) is 0 Å². The lowest BCUT2D eigenvalue weighted by Gasteiger charge is -2.14. The molecule has 0 bridgehead atoms. The van der Waals surface area contributed by atoms with Crippen LogP contribution in [-0.4, -0.2) is 56.7 Å². The molecule has 0 aliphatic heterocycles. The number of hydrogen-bond acceptors (Lipinski definition) is 8. The minimum absolute atomic E-state index is 0.0143. The zero-order valence-corrected chi connectivity index (χ0v) is 21.2. The molecule has 5 rings (SSSR count). The zero-order valence-electron chi connectivity index (χ0n) is 21.2. The Hall–Kier alpha value is -4.46. The number of methoxy groups -OCH3 is 2. The lowest BCUT2D eigenvalue weighted by molar-refractivity contribution is -0.119. The monoisotopic (exact) mass is 509 g/mol.